The fourth-order valence-corrected chi connectivity index (χ4v) is 2.61. The second-order valence-electron chi connectivity index (χ2n) is 6.00. The van der Waals surface area contributed by atoms with Crippen molar-refractivity contribution in [2.24, 2.45) is 5.92 Å². The van der Waals surface area contributed by atoms with E-state index in [1.807, 2.05) is 0 Å². The van der Waals surface area contributed by atoms with Gasteiger partial charge in [-0.1, -0.05) is 19.1 Å². The Morgan fingerprint density at radius 1 is 1.29 bits per heavy atom. The van der Waals surface area contributed by atoms with E-state index < -0.39 is 0 Å². The molecule has 0 heterocycles. The van der Waals surface area contributed by atoms with Crippen molar-refractivity contribution < 1.29 is 4.74 Å². The molecule has 1 atom stereocenters. The molecular weight excluding hydrogens is 276 g/mol. The largest absolute Gasteiger partial charge is 0.487 e. The number of benzene rings is 1. The molecule has 0 spiro atoms. The molecule has 94 valence electrons. The van der Waals surface area contributed by atoms with Gasteiger partial charge < -0.3 is 4.74 Å². The highest BCUT2D eigenvalue weighted by molar-refractivity contribution is 9.10. The van der Waals surface area contributed by atoms with Gasteiger partial charge in [0.2, 0.25) is 0 Å². The molecule has 0 aliphatic heterocycles. The Kier molecular flexibility index (Phi) is 3.53. The molecular formula is C15H21BrO. The molecule has 17 heavy (non-hydrogen) atoms. The van der Waals surface area contributed by atoms with Crippen molar-refractivity contribution in [1.29, 1.82) is 0 Å². The van der Waals surface area contributed by atoms with Crippen LogP contribution in [0.5, 0.6) is 5.75 Å². The lowest BCUT2D eigenvalue weighted by atomic mass is 9.95. The van der Waals surface area contributed by atoms with Gasteiger partial charge in [-0.25, -0.2) is 0 Å². The fraction of sp³-hybridized carbons (Fsp3) is 0.600. The van der Waals surface area contributed by atoms with Gasteiger partial charge in [0, 0.05) is 0 Å². The second-order valence-corrected chi connectivity index (χ2v) is 6.85. The van der Waals surface area contributed by atoms with Crippen LogP contribution in [-0.2, 0) is 0 Å². The number of rotatable bonds is 3. The molecule has 1 aliphatic rings. The first-order chi connectivity index (χ1) is 7.88. The molecule has 1 fully saturated rings. The minimum Gasteiger partial charge on any atom is -0.487 e. The van der Waals surface area contributed by atoms with E-state index in [-0.39, 0.29) is 5.60 Å². The molecule has 1 aromatic carbocycles. The summed E-state index contributed by atoms with van der Waals surface area (Å²) in [6, 6.07) is 6.37. The first-order valence-electron chi connectivity index (χ1n) is 6.36. The van der Waals surface area contributed by atoms with Gasteiger partial charge in [-0.05, 0) is 73.0 Å². The zero-order chi connectivity index (χ0) is 12.6. The summed E-state index contributed by atoms with van der Waals surface area (Å²) in [4.78, 5) is 0. The molecule has 0 bridgehead atoms. The van der Waals surface area contributed by atoms with Crippen molar-refractivity contribution in [2.75, 3.05) is 0 Å². The topological polar surface area (TPSA) is 9.23 Å². The van der Waals surface area contributed by atoms with Gasteiger partial charge in [0.1, 0.15) is 11.4 Å². The van der Waals surface area contributed by atoms with Crippen LogP contribution in [0.15, 0.2) is 22.7 Å². The highest BCUT2D eigenvalue weighted by Gasteiger charge is 2.31. The predicted molar refractivity (Wildman–Crippen MR) is 75.7 cm³/mol. The Bertz CT molecular complexity index is 402. The smallest absolute Gasteiger partial charge is 0.137 e. The molecule has 0 amide bonds. The summed E-state index contributed by atoms with van der Waals surface area (Å²) >= 11 is 3.61. The number of hydrogen-bond acceptors (Lipinski definition) is 1. The Balaban J connectivity index is 2.33. The Labute approximate surface area is 113 Å². The maximum absolute atomic E-state index is 6.12. The Morgan fingerprint density at radius 2 is 1.94 bits per heavy atom. The van der Waals surface area contributed by atoms with Crippen LogP contribution < -0.4 is 4.74 Å². The highest BCUT2D eigenvalue weighted by Crippen LogP contribution is 2.46. The molecule has 0 aromatic heterocycles. The molecule has 1 aliphatic carbocycles. The Hall–Kier alpha value is -0.500. The van der Waals surface area contributed by atoms with Crippen LogP contribution in [0.25, 0.3) is 0 Å². The average Bonchev–Trinajstić information content (AvgIpc) is 3.01. The molecule has 1 nitrogen and oxygen atoms in total. The van der Waals surface area contributed by atoms with E-state index in [0.717, 1.165) is 16.1 Å². The maximum atomic E-state index is 6.12. The van der Waals surface area contributed by atoms with Crippen LogP contribution in [0.2, 0.25) is 0 Å². The van der Waals surface area contributed by atoms with Gasteiger partial charge in [0.25, 0.3) is 0 Å². The van der Waals surface area contributed by atoms with Crippen molar-refractivity contribution in [3.63, 3.8) is 0 Å². The number of para-hydroxylation sites is 1. The zero-order valence-electron chi connectivity index (χ0n) is 11.1. The van der Waals surface area contributed by atoms with Crippen molar-refractivity contribution in [2.45, 2.75) is 52.1 Å². The van der Waals surface area contributed by atoms with E-state index in [4.69, 9.17) is 4.74 Å². The highest BCUT2D eigenvalue weighted by atomic mass is 79.9. The minimum absolute atomic E-state index is 0.151. The van der Waals surface area contributed by atoms with Crippen LogP contribution in [0, 0.1) is 5.92 Å². The lowest BCUT2D eigenvalue weighted by molar-refractivity contribution is 0.127. The summed E-state index contributed by atoms with van der Waals surface area (Å²) in [7, 11) is 0. The van der Waals surface area contributed by atoms with Crippen LogP contribution >= 0.6 is 15.9 Å². The number of hydrogen-bond donors (Lipinski definition) is 0. The lowest BCUT2D eigenvalue weighted by Gasteiger charge is -2.26. The molecule has 2 heteroatoms. The second kappa shape index (κ2) is 4.64. The predicted octanol–water partition coefficient (Wildman–Crippen LogP) is 5.14. The summed E-state index contributed by atoms with van der Waals surface area (Å²) in [5.41, 5.74) is 1.19. The molecule has 0 radical (unpaired) electrons. The van der Waals surface area contributed by atoms with Crippen molar-refractivity contribution in [3.8, 4) is 5.75 Å². The number of halogens is 1. The van der Waals surface area contributed by atoms with Gasteiger partial charge in [0.05, 0.1) is 4.47 Å². The van der Waals surface area contributed by atoms with Gasteiger partial charge >= 0.3 is 0 Å². The van der Waals surface area contributed by atoms with Crippen LogP contribution in [0.1, 0.15) is 52.0 Å². The van der Waals surface area contributed by atoms with Crippen LogP contribution in [0.3, 0.4) is 0 Å². The molecule has 1 saturated carbocycles. The van der Waals surface area contributed by atoms with Gasteiger partial charge in [-0.15, -0.1) is 0 Å². The molecule has 1 aromatic rings. The first-order valence-corrected chi connectivity index (χ1v) is 7.15. The Morgan fingerprint density at radius 3 is 2.47 bits per heavy atom. The van der Waals surface area contributed by atoms with E-state index in [1.54, 1.807) is 0 Å². The molecule has 0 N–H and O–H groups in total. The summed E-state index contributed by atoms with van der Waals surface area (Å²) in [5.74, 6) is 2.48. The van der Waals surface area contributed by atoms with E-state index in [1.165, 1.54) is 18.4 Å². The summed E-state index contributed by atoms with van der Waals surface area (Å²) in [6.45, 7) is 8.60. The zero-order valence-corrected chi connectivity index (χ0v) is 12.7. The third-order valence-corrected chi connectivity index (χ3v) is 3.85. The number of ether oxygens (including phenoxy) is 1. The minimum atomic E-state index is -0.151. The van der Waals surface area contributed by atoms with E-state index in [2.05, 4.69) is 61.8 Å². The standard InChI is InChI=1S/C15H21BrO/c1-10(11-8-9-11)12-6-5-7-13(16)14(12)17-15(2,3)4/h5-7,10-11H,8-9H2,1-4H3/t10-/m1/s1. The van der Waals surface area contributed by atoms with E-state index in [0.29, 0.717) is 5.92 Å². The first kappa shape index (κ1) is 12.9. The maximum Gasteiger partial charge on any atom is 0.137 e. The van der Waals surface area contributed by atoms with Gasteiger partial charge in [-0.3, -0.25) is 0 Å². The average molecular weight is 297 g/mol. The summed E-state index contributed by atoms with van der Waals surface area (Å²) in [5, 5.41) is 0. The molecule has 0 saturated heterocycles. The monoisotopic (exact) mass is 296 g/mol. The summed E-state index contributed by atoms with van der Waals surface area (Å²) < 4.78 is 7.18. The van der Waals surface area contributed by atoms with Crippen LogP contribution in [-0.4, -0.2) is 5.60 Å². The van der Waals surface area contributed by atoms with Crippen molar-refractivity contribution in [3.05, 3.63) is 28.2 Å². The van der Waals surface area contributed by atoms with Crippen molar-refractivity contribution >= 4 is 15.9 Å². The van der Waals surface area contributed by atoms with Gasteiger partial charge in [-0.2, -0.15) is 0 Å². The van der Waals surface area contributed by atoms with E-state index >= 15 is 0 Å². The third kappa shape index (κ3) is 3.25. The molecule has 0 unspecified atom stereocenters. The fourth-order valence-electron chi connectivity index (χ4n) is 2.15. The molecule has 2 rings (SSSR count). The SMILES string of the molecule is C[C@@H](c1cccc(Br)c1OC(C)(C)C)C1CC1. The quantitative estimate of drug-likeness (QED) is 0.750. The van der Waals surface area contributed by atoms with Gasteiger partial charge in [0.15, 0.2) is 0 Å². The van der Waals surface area contributed by atoms with Crippen molar-refractivity contribution in [1.82, 2.24) is 0 Å². The normalized spacial score (nSPS) is 17.9. The summed E-state index contributed by atoms with van der Waals surface area (Å²) in [6.07, 6.45) is 2.73. The van der Waals surface area contributed by atoms with Crippen LogP contribution in [0.4, 0.5) is 0 Å². The third-order valence-electron chi connectivity index (χ3n) is 3.23. The lowest BCUT2D eigenvalue weighted by Crippen LogP contribution is -2.24. The van der Waals surface area contributed by atoms with E-state index in [9.17, 15) is 0 Å².